The van der Waals surface area contributed by atoms with Crippen LogP contribution in [0.4, 0.5) is 0 Å². The van der Waals surface area contributed by atoms with Crippen LogP contribution in [0.5, 0.6) is 0 Å². The van der Waals surface area contributed by atoms with E-state index in [1.807, 2.05) is 0 Å². The van der Waals surface area contributed by atoms with Gasteiger partial charge in [-0.1, -0.05) is 206 Å². The van der Waals surface area contributed by atoms with Crippen molar-refractivity contribution in [1.82, 2.24) is 0 Å². The molecule has 10 heteroatoms. The summed E-state index contributed by atoms with van der Waals surface area (Å²) in [7, 11) is -4.84. The minimum absolute atomic E-state index is 0. The third kappa shape index (κ3) is 45.8. The molecule has 0 fully saturated rings. The van der Waals surface area contributed by atoms with Crippen LogP contribution in [-0.4, -0.2) is 83.1 Å². The first-order valence-corrected chi connectivity index (χ1v) is 22.2. The van der Waals surface area contributed by atoms with Crippen molar-refractivity contribution in [3.63, 3.8) is 0 Å². The molecular weight excluding hydrogens is 663 g/mol. The first-order valence-electron chi connectivity index (χ1n) is 20.6. The van der Waals surface area contributed by atoms with Crippen molar-refractivity contribution in [3.05, 3.63) is 0 Å². The molecule has 1 unspecified atom stereocenters. The third-order valence-corrected chi connectivity index (χ3v) is 10.4. The van der Waals surface area contributed by atoms with Crippen LogP contribution in [0.25, 0.3) is 0 Å². The van der Waals surface area contributed by atoms with Gasteiger partial charge in [-0.25, -0.2) is 0 Å². The zero-order chi connectivity index (χ0) is 36.7. The molecule has 296 valence electrons. The van der Waals surface area contributed by atoms with Gasteiger partial charge in [-0.15, -0.1) is 0 Å². The van der Waals surface area contributed by atoms with E-state index in [2.05, 4.69) is 13.8 Å². The van der Waals surface area contributed by atoms with Gasteiger partial charge in [-0.05, 0) is 12.8 Å². The molecule has 50 heavy (non-hydrogen) atoms. The quantitative estimate of drug-likeness (QED) is 0.0323. The standard InChI is InChI=1S/C36H74O.C4H6O7S.Na.H/c1-3-5-7-9-11-13-15-17-19-21-23-25-27-29-31-33-35-37-36-34-32-30-28-26-24-22-20-18-16-14-12-10-8-6-4-2;5-3(6)1-2(4(7)8)12(9,10)11;;/h3-36H2,1-2H3;2H,1H2,(H,5,6)(H,7,8)(H,9,10,11);;. The number of rotatable bonds is 38. The van der Waals surface area contributed by atoms with Gasteiger partial charge in [0.25, 0.3) is 10.1 Å². The van der Waals surface area contributed by atoms with Crippen molar-refractivity contribution < 1.29 is 37.5 Å². The Labute approximate surface area is 331 Å². The molecule has 8 nitrogen and oxygen atoms in total. The summed E-state index contributed by atoms with van der Waals surface area (Å²) in [6.45, 7) is 6.60. The maximum atomic E-state index is 10.2. The maximum absolute atomic E-state index is 10.2. The van der Waals surface area contributed by atoms with E-state index in [4.69, 9.17) is 19.5 Å². The summed E-state index contributed by atoms with van der Waals surface area (Å²) >= 11 is 0. The van der Waals surface area contributed by atoms with Crippen LogP contribution >= 0.6 is 0 Å². The van der Waals surface area contributed by atoms with Crippen LogP contribution in [-0.2, 0) is 24.4 Å². The van der Waals surface area contributed by atoms with E-state index in [1.165, 1.54) is 205 Å². The molecule has 1 atom stereocenters. The van der Waals surface area contributed by atoms with Crippen LogP contribution in [0, 0.1) is 0 Å². The number of aliphatic carboxylic acids is 2. The van der Waals surface area contributed by atoms with Crippen molar-refractivity contribution in [3.8, 4) is 0 Å². The molecule has 0 aliphatic heterocycles. The fraction of sp³-hybridized carbons (Fsp3) is 0.950. The normalized spacial score (nSPS) is 11.8. The van der Waals surface area contributed by atoms with Crippen LogP contribution in [0.15, 0.2) is 0 Å². The molecule has 0 amide bonds. The first kappa shape index (κ1) is 54.2. The zero-order valence-electron chi connectivity index (χ0n) is 32.1. The molecule has 0 saturated carbocycles. The van der Waals surface area contributed by atoms with E-state index in [0.717, 1.165) is 13.2 Å². The van der Waals surface area contributed by atoms with Crippen molar-refractivity contribution >= 4 is 51.6 Å². The van der Waals surface area contributed by atoms with Gasteiger partial charge in [-0.3, -0.25) is 14.1 Å². The summed E-state index contributed by atoms with van der Waals surface area (Å²) in [5, 5.41) is 13.9. The van der Waals surface area contributed by atoms with Gasteiger partial charge in [0.1, 0.15) is 0 Å². The van der Waals surface area contributed by atoms with Crippen molar-refractivity contribution in [2.24, 2.45) is 0 Å². The van der Waals surface area contributed by atoms with Crippen LogP contribution in [0.1, 0.15) is 226 Å². The second kappa shape index (κ2) is 43.2. The number of unbranched alkanes of at least 4 members (excludes halogenated alkanes) is 30. The van der Waals surface area contributed by atoms with E-state index >= 15 is 0 Å². The van der Waals surface area contributed by atoms with Crippen LogP contribution in [0.3, 0.4) is 0 Å². The molecule has 0 bridgehead atoms. The van der Waals surface area contributed by atoms with Crippen LogP contribution in [0.2, 0.25) is 0 Å². The summed E-state index contributed by atoms with van der Waals surface area (Å²) in [5.41, 5.74) is 0. The summed E-state index contributed by atoms with van der Waals surface area (Å²) < 4.78 is 34.5. The summed E-state index contributed by atoms with van der Waals surface area (Å²) in [5.74, 6) is -3.50. The molecule has 0 aromatic heterocycles. The predicted octanol–water partition coefficient (Wildman–Crippen LogP) is 11.7. The number of carboxylic acids is 2. The Bertz CT molecular complexity index is 775. The van der Waals surface area contributed by atoms with Gasteiger partial charge >= 0.3 is 41.5 Å². The minimum atomic E-state index is -4.84. The molecule has 0 saturated heterocycles. The third-order valence-electron chi connectivity index (χ3n) is 9.28. The van der Waals surface area contributed by atoms with Gasteiger partial charge in [0.2, 0.25) is 0 Å². The number of carboxylic acid groups (broad SMARTS) is 2. The Morgan fingerprint density at radius 3 is 0.840 bits per heavy atom. The average Bonchev–Trinajstić information content (AvgIpc) is 3.05. The Morgan fingerprint density at radius 1 is 0.460 bits per heavy atom. The zero-order valence-corrected chi connectivity index (χ0v) is 32.9. The molecule has 0 aliphatic carbocycles. The van der Waals surface area contributed by atoms with E-state index in [1.54, 1.807) is 0 Å². The molecular formula is C40H81NaO8S. The number of carbonyl (C=O) groups is 2. The number of hydrogen-bond donors (Lipinski definition) is 3. The molecule has 0 rings (SSSR count). The fourth-order valence-corrected chi connectivity index (χ4v) is 6.69. The van der Waals surface area contributed by atoms with Gasteiger partial charge in [-0.2, -0.15) is 8.42 Å². The summed E-state index contributed by atoms with van der Waals surface area (Å²) in [4.78, 5) is 20.0. The first-order chi connectivity index (χ1) is 23.7. The Morgan fingerprint density at radius 2 is 0.680 bits per heavy atom. The van der Waals surface area contributed by atoms with E-state index in [9.17, 15) is 18.0 Å². The Kier molecular flexibility index (Phi) is 46.8. The van der Waals surface area contributed by atoms with Crippen molar-refractivity contribution in [2.75, 3.05) is 13.2 Å². The predicted molar refractivity (Wildman–Crippen MR) is 212 cm³/mol. The monoisotopic (exact) mass is 745 g/mol. The summed E-state index contributed by atoms with van der Waals surface area (Å²) in [6.07, 6.45) is 44.9. The number of ether oxygens (including phenoxy) is 1. The molecule has 0 aliphatic rings. The SMILES string of the molecule is CCCCCCCCCCCCCCCCCCOCCCCCCCCCCCCCCCCCC.O=C(O)CC(C(=O)O)S(=O)(=O)O.[NaH]. The van der Waals surface area contributed by atoms with E-state index < -0.39 is 33.7 Å². The molecule has 3 N–H and O–H groups in total. The summed E-state index contributed by atoms with van der Waals surface area (Å²) in [6, 6.07) is 0. The van der Waals surface area contributed by atoms with E-state index in [0.29, 0.717) is 0 Å². The van der Waals surface area contributed by atoms with Gasteiger partial charge in [0.05, 0.1) is 6.42 Å². The molecule has 0 heterocycles. The van der Waals surface area contributed by atoms with Gasteiger partial charge in [0, 0.05) is 13.2 Å². The Hall–Kier alpha value is -0.190. The molecule has 0 aromatic rings. The Balaban J connectivity index is -0.00000144. The number of hydrogen-bond acceptors (Lipinski definition) is 5. The van der Waals surface area contributed by atoms with Gasteiger partial charge in [0.15, 0.2) is 5.25 Å². The van der Waals surface area contributed by atoms with Crippen molar-refractivity contribution in [1.29, 1.82) is 0 Å². The van der Waals surface area contributed by atoms with Crippen molar-refractivity contribution in [2.45, 2.75) is 231 Å². The molecule has 0 aromatic carbocycles. The second-order valence-electron chi connectivity index (χ2n) is 14.2. The molecule has 0 radical (unpaired) electrons. The molecule has 0 spiro atoms. The van der Waals surface area contributed by atoms with Crippen LogP contribution < -0.4 is 0 Å². The topological polar surface area (TPSA) is 138 Å². The average molecular weight is 745 g/mol. The fourth-order valence-electron chi connectivity index (χ4n) is 6.09. The second-order valence-corrected chi connectivity index (χ2v) is 15.8. The van der Waals surface area contributed by atoms with E-state index in [-0.39, 0.29) is 29.6 Å². The van der Waals surface area contributed by atoms with Gasteiger partial charge < -0.3 is 14.9 Å².